The van der Waals surface area contributed by atoms with E-state index >= 15 is 0 Å². The summed E-state index contributed by atoms with van der Waals surface area (Å²) in [5.41, 5.74) is 6.43. The molecular formula is C28H24N2O2S2. The molecule has 0 saturated heterocycles. The van der Waals surface area contributed by atoms with Gasteiger partial charge in [0, 0.05) is 21.9 Å². The first-order valence-corrected chi connectivity index (χ1v) is 12.8. The standard InChI is InChI=1S/C28H24N2O2S2/c1-19-29-27(17-33-19)23-6-10-25(11-7-23)31-15-21-4-3-5-22(14-21)16-32-26-12-8-24(9-13-26)28-18-34-20(2)30-28/h3-14,17-18H,15-16H2,1-2H3. The molecule has 0 bridgehead atoms. The van der Waals surface area contributed by atoms with E-state index in [0.29, 0.717) is 13.2 Å². The van der Waals surface area contributed by atoms with Gasteiger partial charge in [0.1, 0.15) is 24.7 Å². The molecule has 0 aliphatic rings. The molecule has 0 amide bonds. The van der Waals surface area contributed by atoms with E-state index in [0.717, 1.165) is 55.2 Å². The highest BCUT2D eigenvalue weighted by atomic mass is 32.1. The minimum Gasteiger partial charge on any atom is -0.489 e. The second-order valence-electron chi connectivity index (χ2n) is 7.95. The van der Waals surface area contributed by atoms with Gasteiger partial charge < -0.3 is 9.47 Å². The number of ether oxygens (including phenoxy) is 2. The van der Waals surface area contributed by atoms with Crippen LogP contribution in [-0.2, 0) is 13.2 Å². The largest absolute Gasteiger partial charge is 0.489 e. The summed E-state index contributed by atoms with van der Waals surface area (Å²) in [7, 11) is 0. The highest BCUT2D eigenvalue weighted by Crippen LogP contribution is 2.26. The van der Waals surface area contributed by atoms with Crippen molar-refractivity contribution < 1.29 is 9.47 Å². The van der Waals surface area contributed by atoms with Crippen LogP contribution < -0.4 is 9.47 Å². The summed E-state index contributed by atoms with van der Waals surface area (Å²) in [6.07, 6.45) is 0. The van der Waals surface area contributed by atoms with E-state index in [2.05, 4.69) is 63.2 Å². The van der Waals surface area contributed by atoms with Gasteiger partial charge in [-0.05, 0) is 79.6 Å². The van der Waals surface area contributed by atoms with Gasteiger partial charge in [0.2, 0.25) is 0 Å². The van der Waals surface area contributed by atoms with Gasteiger partial charge in [-0.3, -0.25) is 0 Å². The number of hydrogen-bond donors (Lipinski definition) is 0. The van der Waals surface area contributed by atoms with Crippen LogP contribution in [0.4, 0.5) is 0 Å². The van der Waals surface area contributed by atoms with Crippen molar-refractivity contribution in [3.63, 3.8) is 0 Å². The molecule has 0 aliphatic heterocycles. The lowest BCUT2D eigenvalue weighted by atomic mass is 10.1. The first kappa shape index (κ1) is 22.3. The molecule has 3 aromatic carbocycles. The van der Waals surface area contributed by atoms with Crippen LogP contribution in [0.25, 0.3) is 22.5 Å². The Bertz CT molecular complexity index is 1270. The van der Waals surface area contributed by atoms with Gasteiger partial charge in [-0.25, -0.2) is 9.97 Å². The van der Waals surface area contributed by atoms with E-state index in [1.807, 2.05) is 44.2 Å². The van der Waals surface area contributed by atoms with Crippen molar-refractivity contribution in [1.82, 2.24) is 9.97 Å². The van der Waals surface area contributed by atoms with Crippen LogP contribution in [0, 0.1) is 13.8 Å². The molecule has 4 nitrogen and oxygen atoms in total. The minimum absolute atomic E-state index is 0.505. The number of hydrogen-bond acceptors (Lipinski definition) is 6. The van der Waals surface area contributed by atoms with Crippen molar-refractivity contribution in [3.8, 4) is 34.0 Å². The fourth-order valence-corrected chi connectivity index (χ4v) is 4.82. The Balaban J connectivity index is 1.15. The average Bonchev–Trinajstić information content (AvgIpc) is 3.51. The molecule has 0 atom stereocenters. The molecule has 0 unspecified atom stereocenters. The van der Waals surface area contributed by atoms with Crippen molar-refractivity contribution in [2.45, 2.75) is 27.1 Å². The normalized spacial score (nSPS) is 10.9. The Kier molecular flexibility index (Phi) is 6.70. The van der Waals surface area contributed by atoms with E-state index in [-0.39, 0.29) is 0 Å². The lowest BCUT2D eigenvalue weighted by molar-refractivity contribution is 0.300. The van der Waals surface area contributed by atoms with E-state index in [1.54, 1.807) is 22.7 Å². The highest BCUT2D eigenvalue weighted by molar-refractivity contribution is 7.10. The molecule has 0 fully saturated rings. The van der Waals surface area contributed by atoms with Crippen LogP contribution in [0.2, 0.25) is 0 Å². The minimum atomic E-state index is 0.505. The maximum Gasteiger partial charge on any atom is 0.119 e. The van der Waals surface area contributed by atoms with Gasteiger partial charge in [0.15, 0.2) is 0 Å². The number of aromatic nitrogens is 2. The second-order valence-corrected chi connectivity index (χ2v) is 10.1. The van der Waals surface area contributed by atoms with Crippen LogP contribution in [0.15, 0.2) is 83.6 Å². The monoisotopic (exact) mass is 484 g/mol. The molecule has 0 aliphatic carbocycles. The Morgan fingerprint density at radius 1 is 0.618 bits per heavy atom. The number of aryl methyl sites for hydroxylation is 2. The van der Waals surface area contributed by atoms with Gasteiger partial charge in [-0.2, -0.15) is 0 Å². The third kappa shape index (κ3) is 5.53. The predicted octanol–water partition coefficient (Wildman–Crippen LogP) is 7.71. The predicted molar refractivity (Wildman–Crippen MR) is 140 cm³/mol. The summed E-state index contributed by atoms with van der Waals surface area (Å²) in [6.45, 7) is 5.05. The smallest absolute Gasteiger partial charge is 0.119 e. The molecule has 5 rings (SSSR count). The maximum atomic E-state index is 6.00. The molecule has 6 heteroatoms. The zero-order valence-electron chi connectivity index (χ0n) is 19.0. The zero-order chi connectivity index (χ0) is 23.3. The highest BCUT2D eigenvalue weighted by Gasteiger charge is 2.05. The topological polar surface area (TPSA) is 44.2 Å². The Hall–Kier alpha value is -3.48. The van der Waals surface area contributed by atoms with Gasteiger partial charge in [0.25, 0.3) is 0 Å². The summed E-state index contributed by atoms with van der Waals surface area (Å²) in [5.74, 6) is 1.68. The van der Waals surface area contributed by atoms with Gasteiger partial charge in [-0.1, -0.05) is 18.2 Å². The van der Waals surface area contributed by atoms with Crippen molar-refractivity contribution >= 4 is 22.7 Å². The Morgan fingerprint density at radius 2 is 1.06 bits per heavy atom. The fraction of sp³-hybridized carbons (Fsp3) is 0.143. The Morgan fingerprint density at radius 3 is 1.44 bits per heavy atom. The second kappa shape index (κ2) is 10.2. The molecule has 0 saturated carbocycles. The summed E-state index contributed by atoms with van der Waals surface area (Å²) < 4.78 is 12.0. The van der Waals surface area contributed by atoms with E-state index in [4.69, 9.17) is 9.47 Å². The zero-order valence-corrected chi connectivity index (χ0v) is 20.7. The lowest BCUT2D eigenvalue weighted by Crippen LogP contribution is -1.99. The SMILES string of the molecule is Cc1nc(-c2ccc(OCc3cccc(COc4ccc(-c5csc(C)n5)cc4)c3)cc2)cs1. The van der Waals surface area contributed by atoms with Crippen LogP contribution in [0.1, 0.15) is 21.1 Å². The molecule has 170 valence electrons. The van der Waals surface area contributed by atoms with Gasteiger partial charge in [0.05, 0.1) is 21.4 Å². The summed E-state index contributed by atoms with van der Waals surface area (Å²) in [4.78, 5) is 9.07. The third-order valence-electron chi connectivity index (χ3n) is 5.34. The summed E-state index contributed by atoms with van der Waals surface area (Å²) in [6, 6.07) is 24.5. The number of nitrogens with zero attached hydrogens (tertiary/aromatic N) is 2. The summed E-state index contributed by atoms with van der Waals surface area (Å²) >= 11 is 3.32. The van der Waals surface area contributed by atoms with Crippen LogP contribution in [-0.4, -0.2) is 9.97 Å². The van der Waals surface area contributed by atoms with E-state index in [1.165, 1.54) is 0 Å². The molecule has 34 heavy (non-hydrogen) atoms. The lowest BCUT2D eigenvalue weighted by Gasteiger charge is -2.10. The first-order chi connectivity index (χ1) is 16.6. The molecule has 2 aromatic heterocycles. The number of rotatable bonds is 8. The van der Waals surface area contributed by atoms with Crippen LogP contribution in [0.5, 0.6) is 11.5 Å². The van der Waals surface area contributed by atoms with Crippen molar-refractivity contribution in [2.24, 2.45) is 0 Å². The van der Waals surface area contributed by atoms with E-state index in [9.17, 15) is 0 Å². The number of thiazole rings is 2. The van der Waals surface area contributed by atoms with Crippen LogP contribution in [0.3, 0.4) is 0 Å². The van der Waals surface area contributed by atoms with Gasteiger partial charge in [-0.15, -0.1) is 22.7 Å². The Labute approximate surface area is 207 Å². The van der Waals surface area contributed by atoms with Crippen molar-refractivity contribution in [2.75, 3.05) is 0 Å². The first-order valence-electron chi connectivity index (χ1n) is 11.0. The van der Waals surface area contributed by atoms with Gasteiger partial charge >= 0.3 is 0 Å². The maximum absolute atomic E-state index is 6.00. The number of benzene rings is 3. The molecule has 0 radical (unpaired) electrons. The molecule has 5 aromatic rings. The van der Waals surface area contributed by atoms with Crippen molar-refractivity contribution in [3.05, 3.63) is 105 Å². The van der Waals surface area contributed by atoms with E-state index < -0.39 is 0 Å². The van der Waals surface area contributed by atoms with Crippen LogP contribution >= 0.6 is 22.7 Å². The quantitative estimate of drug-likeness (QED) is 0.226. The summed E-state index contributed by atoms with van der Waals surface area (Å²) in [5, 5.41) is 6.30. The molecule has 0 spiro atoms. The third-order valence-corrected chi connectivity index (χ3v) is 6.89. The molecule has 2 heterocycles. The molecule has 0 N–H and O–H groups in total. The average molecular weight is 485 g/mol. The fourth-order valence-electron chi connectivity index (χ4n) is 3.58. The van der Waals surface area contributed by atoms with Crippen molar-refractivity contribution in [1.29, 1.82) is 0 Å². The molecular weight excluding hydrogens is 460 g/mol.